The van der Waals surface area contributed by atoms with Crippen molar-refractivity contribution >= 4 is 38.9 Å². The first kappa shape index (κ1) is 13.0. The zero-order chi connectivity index (χ0) is 12.4. The number of halogens is 3. The molecule has 0 radical (unpaired) electrons. The molecule has 0 saturated heterocycles. The molecule has 0 unspecified atom stereocenters. The van der Waals surface area contributed by atoms with Crippen molar-refractivity contribution in [1.29, 1.82) is 0 Å². The van der Waals surface area contributed by atoms with Crippen molar-refractivity contribution in [3.63, 3.8) is 0 Å². The topological polar surface area (TPSA) is 24.9 Å². The van der Waals surface area contributed by atoms with Crippen LogP contribution in [0.25, 0.3) is 10.6 Å². The smallest absolute Gasteiger partial charge is 0.133 e. The molecule has 1 N–H and O–H groups in total. The van der Waals surface area contributed by atoms with Gasteiger partial charge in [-0.1, -0.05) is 11.6 Å². The van der Waals surface area contributed by atoms with Gasteiger partial charge in [-0.15, -0.1) is 11.3 Å². The van der Waals surface area contributed by atoms with Crippen LogP contribution in [-0.2, 0) is 6.54 Å². The van der Waals surface area contributed by atoms with E-state index in [1.54, 1.807) is 6.07 Å². The van der Waals surface area contributed by atoms with E-state index in [0.717, 1.165) is 9.48 Å². The van der Waals surface area contributed by atoms with Gasteiger partial charge in [-0.25, -0.2) is 9.37 Å². The summed E-state index contributed by atoms with van der Waals surface area (Å²) in [7, 11) is 1.84. The Morgan fingerprint density at radius 2 is 2.29 bits per heavy atom. The zero-order valence-corrected chi connectivity index (χ0v) is 12.1. The van der Waals surface area contributed by atoms with E-state index in [1.807, 2.05) is 7.05 Å². The lowest BCUT2D eigenvalue weighted by molar-refractivity contribution is 0.631. The summed E-state index contributed by atoms with van der Waals surface area (Å²) in [5, 5.41) is 4.14. The molecular formula is C11H9BrClFN2S. The summed E-state index contributed by atoms with van der Waals surface area (Å²) in [6.07, 6.45) is 0. The largest absolute Gasteiger partial charge is 0.314 e. The number of hydrogen-bond acceptors (Lipinski definition) is 3. The van der Waals surface area contributed by atoms with Gasteiger partial charge < -0.3 is 5.32 Å². The minimum Gasteiger partial charge on any atom is -0.314 e. The highest BCUT2D eigenvalue weighted by Crippen LogP contribution is 2.34. The molecule has 0 aliphatic carbocycles. The van der Waals surface area contributed by atoms with Crippen molar-refractivity contribution in [3.05, 3.63) is 38.5 Å². The summed E-state index contributed by atoms with van der Waals surface area (Å²) in [6.45, 7) is 0.638. The van der Waals surface area contributed by atoms with Crippen LogP contribution in [0.5, 0.6) is 0 Å². The average Bonchev–Trinajstić information content (AvgIpc) is 2.64. The molecular weight excluding hydrogens is 327 g/mol. The van der Waals surface area contributed by atoms with E-state index in [-0.39, 0.29) is 5.82 Å². The second kappa shape index (κ2) is 5.44. The predicted molar refractivity (Wildman–Crippen MR) is 73.0 cm³/mol. The minimum atomic E-state index is -0.313. The minimum absolute atomic E-state index is 0.313. The third-order valence-electron chi connectivity index (χ3n) is 2.15. The summed E-state index contributed by atoms with van der Waals surface area (Å²) >= 11 is 10.7. The molecule has 0 aliphatic heterocycles. The summed E-state index contributed by atoms with van der Waals surface area (Å²) in [4.78, 5) is 4.38. The lowest BCUT2D eigenvalue weighted by Gasteiger charge is -1.99. The molecule has 2 rings (SSSR count). The third-order valence-corrected chi connectivity index (χ3v) is 4.25. The van der Waals surface area contributed by atoms with Gasteiger partial charge in [0.25, 0.3) is 0 Å². The second-order valence-electron chi connectivity index (χ2n) is 3.39. The molecule has 1 aromatic heterocycles. The molecule has 0 fully saturated rings. The highest BCUT2D eigenvalue weighted by atomic mass is 79.9. The number of nitrogens with zero attached hydrogens (tertiary/aromatic N) is 1. The van der Waals surface area contributed by atoms with Crippen LogP contribution in [0.2, 0.25) is 5.02 Å². The molecule has 90 valence electrons. The van der Waals surface area contributed by atoms with Crippen molar-refractivity contribution < 1.29 is 4.39 Å². The van der Waals surface area contributed by atoms with Crippen molar-refractivity contribution in [2.24, 2.45) is 0 Å². The quantitative estimate of drug-likeness (QED) is 0.914. The molecule has 0 aliphatic rings. The van der Waals surface area contributed by atoms with Crippen LogP contribution < -0.4 is 5.32 Å². The van der Waals surface area contributed by atoms with E-state index in [4.69, 9.17) is 11.6 Å². The summed E-state index contributed by atoms with van der Waals surface area (Å²) in [6, 6.07) is 4.47. The fourth-order valence-corrected chi connectivity index (χ4v) is 3.07. The average molecular weight is 336 g/mol. The van der Waals surface area contributed by atoms with Gasteiger partial charge >= 0.3 is 0 Å². The van der Waals surface area contributed by atoms with Gasteiger partial charge in [-0.2, -0.15) is 0 Å². The van der Waals surface area contributed by atoms with Gasteiger partial charge in [0, 0.05) is 17.1 Å². The summed E-state index contributed by atoms with van der Waals surface area (Å²) < 4.78 is 14.6. The van der Waals surface area contributed by atoms with Crippen LogP contribution in [0.1, 0.15) is 5.69 Å². The van der Waals surface area contributed by atoms with Crippen molar-refractivity contribution in [2.45, 2.75) is 6.54 Å². The van der Waals surface area contributed by atoms with Crippen LogP contribution in [0.3, 0.4) is 0 Å². The standard InChI is InChI=1S/C11H9BrClFN2S/c1-15-5-9-10(12)17-11(16-9)7-4-6(13)2-3-8(7)14/h2-4,15H,5H2,1H3. The van der Waals surface area contributed by atoms with Gasteiger partial charge in [0.15, 0.2) is 0 Å². The first-order valence-corrected chi connectivity index (χ1v) is 6.86. The molecule has 2 aromatic rings. The molecule has 1 aromatic carbocycles. The first-order valence-electron chi connectivity index (χ1n) is 4.87. The van der Waals surface area contributed by atoms with Crippen LogP contribution >= 0.6 is 38.9 Å². The molecule has 0 bridgehead atoms. The SMILES string of the molecule is CNCc1nc(-c2cc(Cl)ccc2F)sc1Br. The number of rotatable bonds is 3. The normalized spacial score (nSPS) is 10.8. The maximum Gasteiger partial charge on any atom is 0.133 e. The predicted octanol–water partition coefficient (Wildman–Crippen LogP) is 4.08. The number of thiazole rings is 1. The molecule has 0 amide bonds. The Hall–Kier alpha value is -0.490. The van der Waals surface area contributed by atoms with Crippen LogP contribution in [0.15, 0.2) is 22.0 Å². The van der Waals surface area contributed by atoms with Gasteiger partial charge in [-0.05, 0) is 41.2 Å². The Bertz CT molecular complexity index is 544. The Labute approximate surface area is 116 Å². The van der Waals surface area contributed by atoms with Crippen molar-refractivity contribution in [2.75, 3.05) is 7.05 Å². The van der Waals surface area contributed by atoms with E-state index < -0.39 is 0 Å². The maximum atomic E-state index is 13.7. The zero-order valence-electron chi connectivity index (χ0n) is 8.93. The van der Waals surface area contributed by atoms with Gasteiger partial charge in [0.2, 0.25) is 0 Å². The van der Waals surface area contributed by atoms with E-state index in [0.29, 0.717) is 22.1 Å². The lowest BCUT2D eigenvalue weighted by atomic mass is 10.2. The lowest BCUT2D eigenvalue weighted by Crippen LogP contribution is -2.05. The summed E-state index contributed by atoms with van der Waals surface area (Å²) in [5.41, 5.74) is 1.30. The Morgan fingerprint density at radius 3 is 3.00 bits per heavy atom. The number of aromatic nitrogens is 1. The highest BCUT2D eigenvalue weighted by Gasteiger charge is 2.13. The van der Waals surface area contributed by atoms with Crippen molar-refractivity contribution in [1.82, 2.24) is 10.3 Å². The monoisotopic (exact) mass is 334 g/mol. The number of benzene rings is 1. The number of hydrogen-bond donors (Lipinski definition) is 1. The molecule has 0 atom stereocenters. The molecule has 0 saturated carbocycles. The molecule has 0 spiro atoms. The first-order chi connectivity index (χ1) is 8.11. The maximum absolute atomic E-state index is 13.7. The van der Waals surface area contributed by atoms with Crippen LogP contribution in [-0.4, -0.2) is 12.0 Å². The fourth-order valence-electron chi connectivity index (χ4n) is 1.39. The van der Waals surface area contributed by atoms with Gasteiger partial charge in [0.05, 0.1) is 9.48 Å². The summed E-state index contributed by atoms with van der Waals surface area (Å²) in [5.74, 6) is -0.313. The van der Waals surface area contributed by atoms with Gasteiger partial charge in [0.1, 0.15) is 10.8 Å². The van der Waals surface area contributed by atoms with Crippen LogP contribution in [0.4, 0.5) is 4.39 Å². The van der Waals surface area contributed by atoms with E-state index in [2.05, 4.69) is 26.2 Å². The van der Waals surface area contributed by atoms with Gasteiger partial charge in [-0.3, -0.25) is 0 Å². The fraction of sp³-hybridized carbons (Fsp3) is 0.182. The van der Waals surface area contributed by atoms with Crippen molar-refractivity contribution in [3.8, 4) is 10.6 Å². The molecule has 1 heterocycles. The number of nitrogens with one attached hydrogen (secondary N) is 1. The van der Waals surface area contributed by atoms with Crippen LogP contribution in [0, 0.1) is 5.82 Å². The van der Waals surface area contributed by atoms with E-state index in [9.17, 15) is 4.39 Å². The second-order valence-corrected chi connectivity index (χ2v) is 6.15. The Kier molecular flexibility index (Phi) is 4.14. The van der Waals surface area contributed by atoms with E-state index in [1.165, 1.54) is 23.5 Å². The molecule has 6 heteroatoms. The Morgan fingerprint density at radius 1 is 1.53 bits per heavy atom. The highest BCUT2D eigenvalue weighted by molar-refractivity contribution is 9.11. The molecule has 17 heavy (non-hydrogen) atoms. The third kappa shape index (κ3) is 2.85. The Balaban J connectivity index is 2.45. The molecule has 2 nitrogen and oxygen atoms in total. The van der Waals surface area contributed by atoms with E-state index >= 15 is 0 Å².